The van der Waals surface area contributed by atoms with Crippen molar-refractivity contribution in [2.24, 2.45) is 5.92 Å². The van der Waals surface area contributed by atoms with Crippen LogP contribution in [0.4, 0.5) is 10.5 Å². The Hall–Kier alpha value is -3.71. The van der Waals surface area contributed by atoms with Gasteiger partial charge in [-0.05, 0) is 81.3 Å². The van der Waals surface area contributed by atoms with E-state index in [1.807, 2.05) is 13.8 Å². The first kappa shape index (κ1) is 30.7. The molecule has 43 heavy (non-hydrogen) atoms. The van der Waals surface area contributed by atoms with Crippen LogP contribution in [-0.2, 0) is 13.1 Å². The van der Waals surface area contributed by atoms with E-state index in [-0.39, 0.29) is 46.4 Å². The number of alkyl halides is 1. The van der Waals surface area contributed by atoms with Crippen LogP contribution in [-0.4, -0.2) is 51.1 Å². The number of halogens is 1. The number of urea groups is 1. The summed E-state index contributed by atoms with van der Waals surface area (Å²) in [4.78, 5) is 54.3. The smallest absolute Gasteiger partial charge is 0.331 e. The number of carbonyl (C=O) groups excluding carboxylic acids is 2. The number of piperidine rings is 1. The zero-order chi connectivity index (χ0) is 30.7. The lowest BCUT2D eigenvalue weighted by atomic mass is 10.0. The SMILES string of the molecule is CC(C)n1c(=O)n(CC2CC2)c(=O)c2cc(NC(=O)N3CCC[C@@H](NC(=O)c4ccc(CN[NH+]([O-])CCl)cc4)C3)ccc21. The number of hydrogen-bond acceptors (Lipinski definition) is 6. The third kappa shape index (κ3) is 7.27. The van der Waals surface area contributed by atoms with Crippen molar-refractivity contribution in [1.29, 1.82) is 0 Å². The van der Waals surface area contributed by atoms with Crippen LogP contribution in [0.2, 0.25) is 0 Å². The summed E-state index contributed by atoms with van der Waals surface area (Å²) < 4.78 is 2.96. The minimum atomic E-state index is -0.339. The Morgan fingerprint density at radius 1 is 1.09 bits per heavy atom. The predicted octanol–water partition coefficient (Wildman–Crippen LogP) is 2.16. The molecular formula is C30H38ClN7O5. The summed E-state index contributed by atoms with van der Waals surface area (Å²) in [5.41, 5.74) is 4.38. The number of nitrogens with one attached hydrogen (secondary N) is 4. The number of rotatable bonds is 10. The number of aromatic nitrogens is 2. The van der Waals surface area contributed by atoms with E-state index in [0.29, 0.717) is 54.3 Å². The van der Waals surface area contributed by atoms with Gasteiger partial charge in [-0.15, -0.1) is 0 Å². The summed E-state index contributed by atoms with van der Waals surface area (Å²) >= 11 is 5.50. The number of anilines is 1. The van der Waals surface area contributed by atoms with Crippen LogP contribution in [0.15, 0.2) is 52.1 Å². The number of quaternary nitrogens is 1. The Morgan fingerprint density at radius 3 is 2.51 bits per heavy atom. The van der Waals surface area contributed by atoms with Gasteiger partial charge < -0.3 is 20.7 Å². The standard InChI is InChI=1S/C30H38ClN7O5/c1-19(2)38-26-12-11-23(14-25(26)28(40)36(30(38)42)16-21-5-6-21)34-29(41)35-13-3-4-24(17-35)33-27(39)22-9-7-20(8-10-22)15-32-37(43)18-31/h7-12,14,19,21,24,32,37H,3-6,13,15-18H2,1-2H3,(H,33,39)(H,34,41)/t24-/m1/s1. The highest BCUT2D eigenvalue weighted by atomic mass is 35.5. The fourth-order valence-corrected chi connectivity index (χ4v) is 5.55. The molecule has 230 valence electrons. The fraction of sp³-hybridized carbons (Fsp3) is 0.467. The molecule has 12 nitrogen and oxygen atoms in total. The highest BCUT2D eigenvalue weighted by Crippen LogP contribution is 2.30. The first-order chi connectivity index (χ1) is 20.6. The molecule has 1 aliphatic carbocycles. The molecule has 2 heterocycles. The number of likely N-dealkylation sites (tertiary alicyclic amines) is 1. The molecule has 2 fully saturated rings. The van der Waals surface area contributed by atoms with Crippen LogP contribution in [0.25, 0.3) is 10.9 Å². The topological polar surface area (TPSA) is 145 Å². The van der Waals surface area contributed by atoms with Crippen molar-refractivity contribution in [1.82, 2.24) is 24.8 Å². The van der Waals surface area contributed by atoms with Crippen molar-refractivity contribution < 1.29 is 14.8 Å². The molecule has 1 aromatic heterocycles. The third-order valence-electron chi connectivity index (χ3n) is 7.94. The number of carbonyl (C=O) groups is 2. The number of benzene rings is 2. The number of hydroxylamine groups is 1. The van der Waals surface area contributed by atoms with Gasteiger partial charge in [-0.1, -0.05) is 23.7 Å². The fourth-order valence-electron chi connectivity index (χ4n) is 5.45. The summed E-state index contributed by atoms with van der Waals surface area (Å²) in [5.74, 6) is 0.116. The van der Waals surface area contributed by atoms with Crippen molar-refractivity contribution in [3.05, 3.63) is 79.6 Å². The molecule has 3 aromatic rings. The molecule has 0 bridgehead atoms. The van der Waals surface area contributed by atoms with Gasteiger partial charge in [0.05, 0.1) is 17.4 Å². The van der Waals surface area contributed by atoms with Crippen molar-refractivity contribution in [2.75, 3.05) is 24.4 Å². The number of nitrogens with zero attached hydrogens (tertiary/aromatic N) is 3. The maximum atomic E-state index is 13.3. The summed E-state index contributed by atoms with van der Waals surface area (Å²) in [5, 5.41) is 17.4. The van der Waals surface area contributed by atoms with Crippen molar-refractivity contribution in [3.63, 3.8) is 0 Å². The maximum absolute atomic E-state index is 13.3. The summed E-state index contributed by atoms with van der Waals surface area (Å²) in [7, 11) is 0. The lowest BCUT2D eigenvalue weighted by molar-refractivity contribution is -0.886. The molecule has 0 radical (unpaired) electrons. The first-order valence-corrected chi connectivity index (χ1v) is 15.3. The van der Waals surface area contributed by atoms with Crippen molar-refractivity contribution in [2.45, 2.75) is 64.7 Å². The molecule has 2 aliphatic rings. The Morgan fingerprint density at radius 2 is 1.84 bits per heavy atom. The highest BCUT2D eigenvalue weighted by Gasteiger charge is 2.27. The molecule has 0 spiro atoms. The normalized spacial score (nSPS) is 17.7. The quantitative estimate of drug-likeness (QED) is 0.157. The van der Waals surface area contributed by atoms with Crippen LogP contribution in [0, 0.1) is 11.1 Å². The van der Waals surface area contributed by atoms with Gasteiger partial charge >= 0.3 is 11.7 Å². The molecule has 1 saturated carbocycles. The van der Waals surface area contributed by atoms with Gasteiger partial charge in [0.1, 0.15) is 0 Å². The van der Waals surface area contributed by atoms with E-state index in [4.69, 9.17) is 11.6 Å². The van der Waals surface area contributed by atoms with Crippen molar-refractivity contribution >= 4 is 40.1 Å². The van der Waals surface area contributed by atoms with E-state index in [9.17, 15) is 24.4 Å². The molecule has 4 N–H and O–H groups in total. The Bertz CT molecular complexity index is 1600. The summed E-state index contributed by atoms with van der Waals surface area (Å²) in [6, 6.07) is 11.2. The zero-order valence-electron chi connectivity index (χ0n) is 24.4. The van der Waals surface area contributed by atoms with E-state index in [2.05, 4.69) is 16.1 Å². The van der Waals surface area contributed by atoms with Crippen LogP contribution >= 0.6 is 11.6 Å². The second-order valence-electron chi connectivity index (χ2n) is 11.6. The van der Waals surface area contributed by atoms with E-state index in [1.54, 1.807) is 51.9 Å². The molecule has 2 aromatic carbocycles. The molecule has 1 unspecified atom stereocenters. The largest absolute Gasteiger partial charge is 0.612 e. The average molecular weight is 612 g/mol. The van der Waals surface area contributed by atoms with E-state index in [0.717, 1.165) is 31.2 Å². The van der Waals surface area contributed by atoms with Gasteiger partial charge in [0, 0.05) is 43.0 Å². The minimum Gasteiger partial charge on any atom is -0.612 e. The number of hydrogen-bond donors (Lipinski definition) is 4. The monoisotopic (exact) mass is 611 g/mol. The second kappa shape index (κ2) is 13.3. The number of fused-ring (bicyclic) bond motifs is 1. The van der Waals surface area contributed by atoms with Gasteiger partial charge in [0.15, 0.2) is 6.00 Å². The lowest BCUT2D eigenvalue weighted by Crippen LogP contribution is -3.13. The predicted molar refractivity (Wildman–Crippen MR) is 165 cm³/mol. The van der Waals surface area contributed by atoms with Gasteiger partial charge in [0.2, 0.25) is 0 Å². The molecule has 3 amide bonds. The summed E-state index contributed by atoms with van der Waals surface area (Å²) in [6.07, 6.45) is 3.49. The maximum Gasteiger partial charge on any atom is 0.331 e. The molecule has 1 aliphatic heterocycles. The highest BCUT2D eigenvalue weighted by molar-refractivity contribution is 6.16. The Kier molecular flexibility index (Phi) is 9.50. The minimum absolute atomic E-state index is 0.109. The Balaban J connectivity index is 1.24. The van der Waals surface area contributed by atoms with Gasteiger partial charge in [-0.2, -0.15) is 5.43 Å². The third-order valence-corrected chi connectivity index (χ3v) is 8.19. The van der Waals surface area contributed by atoms with Crippen LogP contribution < -0.4 is 32.5 Å². The average Bonchev–Trinajstić information content (AvgIpc) is 3.83. The first-order valence-electron chi connectivity index (χ1n) is 14.7. The summed E-state index contributed by atoms with van der Waals surface area (Å²) in [6.45, 7) is 5.44. The second-order valence-corrected chi connectivity index (χ2v) is 11.9. The molecule has 1 saturated heterocycles. The lowest BCUT2D eigenvalue weighted by Gasteiger charge is -2.33. The van der Waals surface area contributed by atoms with Crippen molar-refractivity contribution in [3.8, 4) is 0 Å². The Labute approximate surface area is 254 Å². The van der Waals surface area contributed by atoms with Crippen LogP contribution in [0.1, 0.15) is 61.5 Å². The van der Waals surface area contributed by atoms with E-state index < -0.39 is 0 Å². The van der Waals surface area contributed by atoms with Crippen LogP contribution in [0.3, 0.4) is 0 Å². The van der Waals surface area contributed by atoms with Gasteiger partial charge in [-0.25, -0.2) is 9.59 Å². The van der Waals surface area contributed by atoms with Gasteiger partial charge in [-0.3, -0.25) is 23.9 Å². The van der Waals surface area contributed by atoms with Gasteiger partial charge in [0.25, 0.3) is 11.5 Å². The molecule has 5 rings (SSSR count). The molecule has 2 atom stereocenters. The van der Waals surface area contributed by atoms with E-state index in [1.165, 1.54) is 4.57 Å². The molecular weight excluding hydrogens is 574 g/mol. The zero-order valence-corrected chi connectivity index (χ0v) is 25.2. The number of amides is 3. The molecule has 13 heteroatoms. The van der Waals surface area contributed by atoms with Crippen LogP contribution in [0.5, 0.6) is 0 Å². The van der Waals surface area contributed by atoms with E-state index >= 15 is 0 Å².